The number of benzene rings is 2. The van der Waals surface area contributed by atoms with Gasteiger partial charge in [0.25, 0.3) is 5.91 Å². The number of ether oxygens (including phenoxy) is 1. The molecule has 0 aromatic heterocycles. The Morgan fingerprint density at radius 2 is 1.70 bits per heavy atom. The van der Waals surface area contributed by atoms with Crippen molar-refractivity contribution in [3.05, 3.63) is 60.7 Å². The monoisotopic (exact) mass is 624 g/mol. The van der Waals surface area contributed by atoms with Gasteiger partial charge in [-0.1, -0.05) is 18.2 Å². The summed E-state index contributed by atoms with van der Waals surface area (Å²) in [5, 5.41) is 18.3. The largest absolute Gasteiger partial charge is 0.477 e. The van der Waals surface area contributed by atoms with Crippen LogP contribution in [-0.2, 0) is 4.79 Å². The molecule has 2 aromatic rings. The van der Waals surface area contributed by atoms with Gasteiger partial charge >= 0.3 is 0 Å². The van der Waals surface area contributed by atoms with E-state index < -0.39 is 0 Å². The molecule has 2 aromatic carbocycles. The van der Waals surface area contributed by atoms with Crippen LogP contribution < -0.4 is 9.64 Å². The minimum Gasteiger partial charge on any atom is -0.477 e. The maximum absolute atomic E-state index is 12.9. The molecule has 0 radical (unpaired) electrons. The molecule has 0 unspecified atom stereocenters. The highest BCUT2D eigenvalue weighted by atomic mass is 127. The maximum Gasteiger partial charge on any atom is 0.264 e. The molecule has 0 aliphatic carbocycles. The summed E-state index contributed by atoms with van der Waals surface area (Å²) in [6.07, 6.45) is 1.62. The van der Waals surface area contributed by atoms with Crippen molar-refractivity contribution in [2.75, 3.05) is 37.7 Å². The molecule has 0 atom stereocenters. The zero-order valence-electron chi connectivity index (χ0n) is 16.0. The van der Waals surface area contributed by atoms with Crippen molar-refractivity contribution < 1.29 is 9.53 Å². The maximum atomic E-state index is 12.9. The highest BCUT2D eigenvalue weighted by Gasteiger charge is 2.24. The highest BCUT2D eigenvalue weighted by Crippen LogP contribution is 2.30. The van der Waals surface area contributed by atoms with Crippen LogP contribution in [0.15, 0.2) is 48.0 Å². The third-order valence-corrected chi connectivity index (χ3v) is 6.25. The Labute approximate surface area is 203 Å². The van der Waals surface area contributed by atoms with E-state index in [9.17, 15) is 10.1 Å². The fourth-order valence-electron chi connectivity index (χ4n) is 3.19. The van der Waals surface area contributed by atoms with Crippen LogP contribution in [0.2, 0.25) is 0 Å². The fourth-order valence-corrected chi connectivity index (χ4v) is 5.32. The van der Waals surface area contributed by atoms with Crippen molar-refractivity contribution in [2.45, 2.75) is 0 Å². The number of carbonyl (C=O) groups excluding carboxylic acids is 1. The van der Waals surface area contributed by atoms with Gasteiger partial charge < -0.3 is 14.5 Å². The lowest BCUT2D eigenvalue weighted by Gasteiger charge is -2.36. The zero-order valence-corrected chi connectivity index (χ0v) is 20.3. The molecule has 1 aliphatic heterocycles. The number of amides is 1. The van der Waals surface area contributed by atoms with Gasteiger partial charge in [-0.25, -0.2) is 0 Å². The first-order valence-electron chi connectivity index (χ1n) is 9.23. The van der Waals surface area contributed by atoms with E-state index in [1.54, 1.807) is 11.0 Å². The average molecular weight is 624 g/mol. The van der Waals surface area contributed by atoms with Crippen LogP contribution in [0, 0.1) is 29.8 Å². The first-order valence-corrected chi connectivity index (χ1v) is 11.4. The Morgan fingerprint density at radius 3 is 2.27 bits per heavy atom. The smallest absolute Gasteiger partial charge is 0.264 e. The van der Waals surface area contributed by atoms with E-state index in [0.717, 1.165) is 31.5 Å². The number of piperazine rings is 1. The predicted octanol–water partition coefficient (Wildman–Crippen LogP) is 4.05. The summed E-state index contributed by atoms with van der Waals surface area (Å²) < 4.78 is 7.09. The Kier molecular flexibility index (Phi) is 7.94. The molecule has 3 rings (SSSR count). The molecule has 152 valence electrons. The van der Waals surface area contributed by atoms with Crippen molar-refractivity contribution in [3.8, 4) is 17.9 Å². The highest BCUT2D eigenvalue weighted by molar-refractivity contribution is 14.1. The Balaban J connectivity index is 1.72. The van der Waals surface area contributed by atoms with Gasteiger partial charge in [-0.2, -0.15) is 10.5 Å². The summed E-state index contributed by atoms with van der Waals surface area (Å²) in [7, 11) is 0. The second-order valence-corrected chi connectivity index (χ2v) is 8.87. The number of halogens is 2. The molecule has 1 aliphatic rings. The van der Waals surface area contributed by atoms with Crippen molar-refractivity contribution in [1.29, 1.82) is 10.5 Å². The summed E-state index contributed by atoms with van der Waals surface area (Å²) in [4.78, 5) is 16.9. The Morgan fingerprint density at radius 1 is 1.07 bits per heavy atom. The lowest BCUT2D eigenvalue weighted by Crippen LogP contribution is -2.49. The molecule has 6 nitrogen and oxygen atoms in total. The summed E-state index contributed by atoms with van der Waals surface area (Å²) in [5.41, 5.74) is 2.00. The van der Waals surface area contributed by atoms with Crippen molar-refractivity contribution in [3.63, 3.8) is 0 Å². The molecule has 0 bridgehead atoms. The lowest BCUT2D eigenvalue weighted by molar-refractivity contribution is -0.126. The molecule has 0 saturated carbocycles. The third-order valence-electron chi connectivity index (χ3n) is 4.65. The van der Waals surface area contributed by atoms with Crippen LogP contribution in [0.1, 0.15) is 5.56 Å². The minimum absolute atomic E-state index is 0.0297. The van der Waals surface area contributed by atoms with Gasteiger partial charge in [-0.05, 0) is 81.1 Å². The van der Waals surface area contributed by atoms with Gasteiger partial charge in [-0.15, -0.1) is 0 Å². The van der Waals surface area contributed by atoms with Crippen molar-refractivity contribution >= 4 is 62.9 Å². The molecular weight excluding hydrogens is 606 g/mol. The number of nitriles is 2. The Bertz CT molecular complexity index is 1010. The topological polar surface area (TPSA) is 80.4 Å². The fraction of sp³-hybridized carbons (Fsp3) is 0.227. The molecule has 1 saturated heterocycles. The molecular formula is C22H18I2N4O2. The Hall–Kier alpha value is -2.31. The van der Waals surface area contributed by atoms with E-state index in [0.29, 0.717) is 18.8 Å². The summed E-state index contributed by atoms with van der Waals surface area (Å²) in [5.74, 6) is 0.386. The predicted molar refractivity (Wildman–Crippen MR) is 132 cm³/mol. The van der Waals surface area contributed by atoms with Crippen molar-refractivity contribution in [1.82, 2.24) is 4.90 Å². The third kappa shape index (κ3) is 5.43. The van der Waals surface area contributed by atoms with Crippen LogP contribution in [0.3, 0.4) is 0 Å². The van der Waals surface area contributed by atoms with E-state index in [4.69, 9.17) is 10.00 Å². The summed E-state index contributed by atoms with van der Waals surface area (Å²) >= 11 is 4.25. The standard InChI is InChI=1S/C22H18I2N4O2/c23-19-13-16(14-20(24)21(19)30-11-6-25)12-17(15-26)22(29)28-9-7-27(8-10-28)18-4-2-1-3-5-18/h1-5,12-14H,7-11H2/b17-12-. The average Bonchev–Trinajstić information content (AvgIpc) is 2.77. The van der Waals surface area contributed by atoms with Gasteiger partial charge in [0.05, 0.1) is 7.14 Å². The number of rotatable bonds is 5. The van der Waals surface area contributed by atoms with Gasteiger partial charge in [0.15, 0.2) is 6.61 Å². The number of carbonyl (C=O) groups is 1. The molecule has 1 heterocycles. The van der Waals surface area contributed by atoms with Gasteiger partial charge in [0, 0.05) is 31.9 Å². The normalized spacial score (nSPS) is 14.1. The van der Waals surface area contributed by atoms with Crippen LogP contribution in [0.5, 0.6) is 5.75 Å². The van der Waals surface area contributed by atoms with Gasteiger partial charge in [-0.3, -0.25) is 4.79 Å². The van der Waals surface area contributed by atoms with E-state index >= 15 is 0 Å². The number of hydrogen-bond acceptors (Lipinski definition) is 5. The van der Waals surface area contributed by atoms with E-state index in [1.807, 2.05) is 36.4 Å². The first-order chi connectivity index (χ1) is 14.5. The van der Waals surface area contributed by atoms with Crippen molar-refractivity contribution in [2.24, 2.45) is 0 Å². The van der Waals surface area contributed by atoms with E-state index in [-0.39, 0.29) is 18.1 Å². The van der Waals surface area contributed by atoms with Crippen LogP contribution in [0.4, 0.5) is 5.69 Å². The summed E-state index contributed by atoms with van der Waals surface area (Å²) in [6, 6.07) is 17.8. The summed E-state index contributed by atoms with van der Waals surface area (Å²) in [6.45, 7) is 2.58. The number of anilines is 1. The number of hydrogen-bond donors (Lipinski definition) is 0. The second kappa shape index (κ2) is 10.6. The molecule has 1 fully saturated rings. The molecule has 30 heavy (non-hydrogen) atoms. The van der Waals surface area contributed by atoms with Crippen LogP contribution in [0.25, 0.3) is 6.08 Å². The minimum atomic E-state index is -0.250. The molecule has 8 heteroatoms. The second-order valence-electron chi connectivity index (χ2n) is 6.55. The number of para-hydroxylation sites is 1. The van der Waals surface area contributed by atoms with Crippen LogP contribution >= 0.6 is 45.2 Å². The van der Waals surface area contributed by atoms with Gasteiger partial charge in [0.2, 0.25) is 0 Å². The molecule has 0 N–H and O–H groups in total. The molecule has 0 spiro atoms. The quantitative estimate of drug-likeness (QED) is 0.285. The van der Waals surface area contributed by atoms with E-state index in [2.05, 4.69) is 68.3 Å². The van der Waals surface area contributed by atoms with Gasteiger partial charge in [0.1, 0.15) is 23.5 Å². The lowest BCUT2D eigenvalue weighted by atomic mass is 10.1. The number of nitrogens with zero attached hydrogens (tertiary/aromatic N) is 4. The first kappa shape index (κ1) is 22.4. The SMILES string of the molecule is N#CCOc1c(I)cc(/C=C(/C#N)C(=O)N2CCN(c3ccccc3)CC2)cc1I. The van der Waals surface area contributed by atoms with E-state index in [1.165, 1.54) is 0 Å². The zero-order chi connectivity index (χ0) is 21.5. The molecule has 1 amide bonds. The van der Waals surface area contributed by atoms with Crippen LogP contribution in [-0.4, -0.2) is 43.6 Å².